The van der Waals surface area contributed by atoms with E-state index in [0.29, 0.717) is 5.92 Å². The van der Waals surface area contributed by atoms with Crippen molar-refractivity contribution in [2.45, 2.75) is 26.8 Å². The quantitative estimate of drug-likeness (QED) is 0.670. The van der Waals surface area contributed by atoms with Crippen LogP contribution in [0.15, 0.2) is 17.1 Å². The molecule has 0 spiro atoms. The Morgan fingerprint density at radius 2 is 2.40 bits per heavy atom. The van der Waals surface area contributed by atoms with E-state index in [-0.39, 0.29) is 0 Å². The predicted molar refractivity (Wildman–Crippen MR) is 85.4 cm³/mol. The first-order chi connectivity index (χ1) is 9.72. The molecule has 0 amide bonds. The van der Waals surface area contributed by atoms with Gasteiger partial charge in [-0.15, -0.1) is 11.3 Å². The number of nitrogens with one attached hydrogen (secondary N) is 1. The third-order valence-corrected chi connectivity index (χ3v) is 4.49. The van der Waals surface area contributed by atoms with Crippen molar-refractivity contribution in [2.75, 3.05) is 33.4 Å². The fourth-order valence-corrected chi connectivity index (χ4v) is 3.36. The van der Waals surface area contributed by atoms with Crippen LogP contribution in [0.4, 0.5) is 0 Å². The van der Waals surface area contributed by atoms with Crippen LogP contribution in [0.25, 0.3) is 0 Å². The number of methoxy groups -OCH3 is 1. The van der Waals surface area contributed by atoms with E-state index in [2.05, 4.69) is 36.2 Å². The SMILES string of the molecule is CCNC(=NCc1ccc(C)s1)N1CCC(COC)C1. The van der Waals surface area contributed by atoms with Crippen LogP contribution >= 0.6 is 11.3 Å². The Balaban J connectivity index is 1.96. The highest BCUT2D eigenvalue weighted by Crippen LogP contribution is 2.18. The zero-order valence-electron chi connectivity index (χ0n) is 12.7. The summed E-state index contributed by atoms with van der Waals surface area (Å²) >= 11 is 1.83. The largest absolute Gasteiger partial charge is 0.384 e. The predicted octanol–water partition coefficient (Wildman–Crippen LogP) is 2.49. The Hall–Kier alpha value is -1.07. The minimum Gasteiger partial charge on any atom is -0.384 e. The molecule has 0 radical (unpaired) electrons. The summed E-state index contributed by atoms with van der Waals surface area (Å²) in [6.07, 6.45) is 1.19. The molecular formula is C15H25N3OS. The van der Waals surface area contributed by atoms with Crippen molar-refractivity contribution >= 4 is 17.3 Å². The van der Waals surface area contributed by atoms with Gasteiger partial charge >= 0.3 is 0 Å². The molecule has 1 aromatic rings. The molecule has 4 nitrogen and oxygen atoms in total. The number of hydrogen-bond acceptors (Lipinski definition) is 3. The van der Waals surface area contributed by atoms with Gasteiger partial charge in [0.2, 0.25) is 0 Å². The summed E-state index contributed by atoms with van der Waals surface area (Å²) in [7, 11) is 1.78. The lowest BCUT2D eigenvalue weighted by Crippen LogP contribution is -2.40. The van der Waals surface area contributed by atoms with Crippen LogP contribution in [-0.4, -0.2) is 44.2 Å². The first-order valence-corrected chi connectivity index (χ1v) is 8.12. The van der Waals surface area contributed by atoms with Gasteiger partial charge in [0.25, 0.3) is 0 Å². The summed E-state index contributed by atoms with van der Waals surface area (Å²) in [5.74, 6) is 1.67. The smallest absolute Gasteiger partial charge is 0.194 e. The molecule has 1 atom stereocenters. The third kappa shape index (κ3) is 4.21. The van der Waals surface area contributed by atoms with Crippen LogP contribution in [0.1, 0.15) is 23.1 Å². The van der Waals surface area contributed by atoms with Crippen molar-refractivity contribution in [1.29, 1.82) is 0 Å². The van der Waals surface area contributed by atoms with Crippen LogP contribution in [0.2, 0.25) is 0 Å². The van der Waals surface area contributed by atoms with E-state index in [1.807, 2.05) is 11.3 Å². The summed E-state index contributed by atoms with van der Waals surface area (Å²) in [4.78, 5) is 9.80. The molecule has 1 N–H and O–H groups in total. The van der Waals surface area contributed by atoms with E-state index in [1.54, 1.807) is 7.11 Å². The van der Waals surface area contributed by atoms with Gasteiger partial charge < -0.3 is 15.0 Å². The zero-order valence-corrected chi connectivity index (χ0v) is 13.5. The van der Waals surface area contributed by atoms with Crippen LogP contribution < -0.4 is 5.32 Å². The normalized spacial score (nSPS) is 19.6. The lowest BCUT2D eigenvalue weighted by Gasteiger charge is -2.21. The average molecular weight is 295 g/mol. The van der Waals surface area contributed by atoms with Gasteiger partial charge in [0.05, 0.1) is 13.2 Å². The van der Waals surface area contributed by atoms with Crippen LogP contribution in [-0.2, 0) is 11.3 Å². The lowest BCUT2D eigenvalue weighted by atomic mass is 10.1. The van der Waals surface area contributed by atoms with E-state index in [1.165, 1.54) is 16.2 Å². The number of ether oxygens (including phenoxy) is 1. The minimum atomic E-state index is 0.632. The van der Waals surface area contributed by atoms with Crippen LogP contribution in [0.5, 0.6) is 0 Å². The topological polar surface area (TPSA) is 36.9 Å². The maximum atomic E-state index is 5.26. The first kappa shape index (κ1) is 15.3. The zero-order chi connectivity index (χ0) is 14.4. The number of hydrogen-bond donors (Lipinski definition) is 1. The Bertz CT molecular complexity index is 444. The molecule has 0 saturated carbocycles. The van der Waals surface area contributed by atoms with Gasteiger partial charge in [-0.05, 0) is 32.4 Å². The summed E-state index contributed by atoms with van der Waals surface area (Å²) in [5, 5.41) is 3.40. The second-order valence-corrected chi connectivity index (χ2v) is 6.61. The Morgan fingerprint density at radius 1 is 1.55 bits per heavy atom. The van der Waals surface area contributed by atoms with Gasteiger partial charge in [-0.25, -0.2) is 4.99 Å². The molecule has 112 valence electrons. The summed E-state index contributed by atoms with van der Waals surface area (Å²) in [6, 6.07) is 4.33. The second-order valence-electron chi connectivity index (χ2n) is 5.24. The van der Waals surface area contributed by atoms with Crippen molar-refractivity contribution in [1.82, 2.24) is 10.2 Å². The molecule has 0 aromatic carbocycles. The lowest BCUT2D eigenvalue weighted by molar-refractivity contribution is 0.157. The molecular weight excluding hydrogens is 270 g/mol. The number of nitrogens with zero attached hydrogens (tertiary/aromatic N) is 2. The van der Waals surface area contributed by atoms with Gasteiger partial charge in [0.15, 0.2) is 5.96 Å². The fourth-order valence-electron chi connectivity index (χ4n) is 2.55. The molecule has 20 heavy (non-hydrogen) atoms. The monoisotopic (exact) mass is 295 g/mol. The van der Waals surface area contributed by atoms with E-state index in [4.69, 9.17) is 9.73 Å². The molecule has 0 bridgehead atoms. The molecule has 1 aromatic heterocycles. The maximum absolute atomic E-state index is 5.26. The van der Waals surface area contributed by atoms with Crippen LogP contribution in [0, 0.1) is 12.8 Å². The molecule has 1 aliphatic rings. The molecule has 5 heteroatoms. The summed E-state index contributed by atoms with van der Waals surface area (Å²) in [5.41, 5.74) is 0. The highest BCUT2D eigenvalue weighted by Gasteiger charge is 2.24. The number of aliphatic imine (C=N–C) groups is 1. The van der Waals surface area contributed by atoms with Gasteiger partial charge in [0.1, 0.15) is 0 Å². The van der Waals surface area contributed by atoms with Gasteiger partial charge in [-0.1, -0.05) is 0 Å². The molecule has 1 aliphatic heterocycles. The van der Waals surface area contributed by atoms with Gasteiger partial charge in [-0.3, -0.25) is 0 Å². The Kier molecular flexibility index (Phi) is 5.86. The van der Waals surface area contributed by atoms with E-state index < -0.39 is 0 Å². The summed E-state index contributed by atoms with van der Waals surface area (Å²) in [6.45, 7) is 8.90. The number of rotatable bonds is 5. The molecule has 1 saturated heterocycles. The number of thiophene rings is 1. The molecule has 1 fully saturated rings. The molecule has 2 heterocycles. The number of guanidine groups is 1. The van der Waals surface area contributed by atoms with Crippen LogP contribution in [0.3, 0.4) is 0 Å². The second kappa shape index (κ2) is 7.64. The van der Waals surface area contributed by atoms with Gasteiger partial charge in [0, 0.05) is 42.4 Å². The van der Waals surface area contributed by atoms with Crippen molar-refractivity contribution in [2.24, 2.45) is 10.9 Å². The fraction of sp³-hybridized carbons (Fsp3) is 0.667. The molecule has 2 rings (SSSR count). The number of likely N-dealkylation sites (tertiary alicyclic amines) is 1. The highest BCUT2D eigenvalue weighted by atomic mass is 32.1. The highest BCUT2D eigenvalue weighted by molar-refractivity contribution is 7.11. The standard InChI is InChI=1S/C15H25N3OS/c1-4-16-15(17-9-14-6-5-12(2)20-14)18-8-7-13(10-18)11-19-3/h5-6,13H,4,7-11H2,1-3H3,(H,16,17). The summed E-state index contributed by atoms with van der Waals surface area (Å²) < 4.78 is 5.26. The van der Waals surface area contributed by atoms with E-state index in [9.17, 15) is 0 Å². The van der Waals surface area contributed by atoms with E-state index in [0.717, 1.165) is 38.7 Å². The molecule has 0 aliphatic carbocycles. The Morgan fingerprint density at radius 3 is 3.05 bits per heavy atom. The number of aryl methyl sites for hydroxylation is 1. The average Bonchev–Trinajstić information content (AvgIpc) is 3.04. The third-order valence-electron chi connectivity index (χ3n) is 3.50. The molecule has 1 unspecified atom stereocenters. The van der Waals surface area contributed by atoms with Gasteiger partial charge in [-0.2, -0.15) is 0 Å². The van der Waals surface area contributed by atoms with Crippen molar-refractivity contribution in [3.63, 3.8) is 0 Å². The van der Waals surface area contributed by atoms with Crippen molar-refractivity contribution < 1.29 is 4.74 Å². The first-order valence-electron chi connectivity index (χ1n) is 7.30. The van der Waals surface area contributed by atoms with E-state index >= 15 is 0 Å². The maximum Gasteiger partial charge on any atom is 0.194 e. The minimum absolute atomic E-state index is 0.632. The van der Waals surface area contributed by atoms with Crippen molar-refractivity contribution in [3.05, 3.63) is 21.9 Å². The Labute approximate surface area is 125 Å². The van der Waals surface area contributed by atoms with Crippen molar-refractivity contribution in [3.8, 4) is 0 Å².